The maximum absolute atomic E-state index is 5.36. The van der Waals surface area contributed by atoms with E-state index in [0.717, 1.165) is 17.6 Å². The first-order valence-electron chi connectivity index (χ1n) is 4.43. The number of hydrogen-bond acceptors (Lipinski definition) is 5. The molecule has 0 atom stereocenters. The van der Waals surface area contributed by atoms with Crippen LogP contribution in [-0.2, 0) is 6.54 Å². The molecular weight excluding hydrogens is 180 g/mol. The minimum absolute atomic E-state index is 0.618. The number of nitrogens with one attached hydrogen (secondary N) is 1. The molecule has 0 bridgehead atoms. The molecule has 6 heteroatoms. The van der Waals surface area contributed by atoms with E-state index in [9.17, 15) is 0 Å². The van der Waals surface area contributed by atoms with Crippen molar-refractivity contribution in [2.24, 2.45) is 5.84 Å². The first kappa shape index (κ1) is 8.89. The predicted octanol–water partition coefficient (Wildman–Crippen LogP) is 0.440. The SMILES string of the molecule is CCn1ncc2c(NN)nc(C)nc21. The molecule has 0 aliphatic rings. The third-order valence-electron chi connectivity index (χ3n) is 2.04. The van der Waals surface area contributed by atoms with E-state index in [1.54, 1.807) is 6.20 Å². The normalized spacial score (nSPS) is 10.8. The fourth-order valence-corrected chi connectivity index (χ4v) is 1.41. The molecule has 2 heterocycles. The molecule has 0 saturated heterocycles. The number of nitrogen functional groups attached to an aromatic ring is 1. The summed E-state index contributed by atoms with van der Waals surface area (Å²) in [4.78, 5) is 8.48. The maximum Gasteiger partial charge on any atom is 0.163 e. The van der Waals surface area contributed by atoms with Crippen LogP contribution in [0, 0.1) is 6.92 Å². The van der Waals surface area contributed by atoms with Gasteiger partial charge in [0.25, 0.3) is 0 Å². The summed E-state index contributed by atoms with van der Waals surface area (Å²) in [5, 5.41) is 5.03. The fourth-order valence-electron chi connectivity index (χ4n) is 1.41. The average Bonchev–Trinajstić information content (AvgIpc) is 2.59. The minimum Gasteiger partial charge on any atom is -0.308 e. The third kappa shape index (κ3) is 1.20. The molecule has 0 amide bonds. The highest BCUT2D eigenvalue weighted by Crippen LogP contribution is 2.18. The second kappa shape index (κ2) is 3.22. The molecule has 14 heavy (non-hydrogen) atoms. The largest absolute Gasteiger partial charge is 0.308 e. The van der Waals surface area contributed by atoms with Crippen molar-refractivity contribution in [3.8, 4) is 0 Å². The number of anilines is 1. The van der Waals surface area contributed by atoms with Crippen molar-refractivity contribution in [2.45, 2.75) is 20.4 Å². The Labute approximate surface area is 81.1 Å². The Hall–Kier alpha value is -1.69. The van der Waals surface area contributed by atoms with E-state index in [1.165, 1.54) is 0 Å². The third-order valence-corrected chi connectivity index (χ3v) is 2.04. The number of hydrazine groups is 1. The first-order valence-corrected chi connectivity index (χ1v) is 4.43. The van der Waals surface area contributed by atoms with Gasteiger partial charge in [0.05, 0.1) is 11.6 Å². The predicted molar refractivity (Wildman–Crippen MR) is 53.5 cm³/mol. The van der Waals surface area contributed by atoms with Crippen LogP contribution in [0.5, 0.6) is 0 Å². The van der Waals surface area contributed by atoms with Gasteiger partial charge in [-0.2, -0.15) is 5.10 Å². The van der Waals surface area contributed by atoms with E-state index in [1.807, 2.05) is 18.5 Å². The molecule has 0 saturated carbocycles. The van der Waals surface area contributed by atoms with Gasteiger partial charge >= 0.3 is 0 Å². The molecule has 0 unspecified atom stereocenters. The Kier molecular flexibility index (Phi) is 2.05. The van der Waals surface area contributed by atoms with Crippen LogP contribution in [0.3, 0.4) is 0 Å². The van der Waals surface area contributed by atoms with Gasteiger partial charge in [-0.25, -0.2) is 20.5 Å². The van der Waals surface area contributed by atoms with E-state index in [-0.39, 0.29) is 0 Å². The van der Waals surface area contributed by atoms with Crippen molar-refractivity contribution in [3.63, 3.8) is 0 Å². The number of aromatic nitrogens is 4. The molecule has 2 aromatic rings. The number of nitrogens with two attached hydrogens (primary N) is 1. The van der Waals surface area contributed by atoms with Gasteiger partial charge in [0, 0.05) is 6.54 Å². The molecule has 2 aromatic heterocycles. The highest BCUT2D eigenvalue weighted by molar-refractivity contribution is 5.86. The molecule has 0 aromatic carbocycles. The summed E-state index contributed by atoms with van der Waals surface area (Å²) < 4.78 is 1.81. The van der Waals surface area contributed by atoms with E-state index in [2.05, 4.69) is 20.5 Å². The van der Waals surface area contributed by atoms with Crippen molar-refractivity contribution in [1.29, 1.82) is 0 Å². The molecule has 3 N–H and O–H groups in total. The highest BCUT2D eigenvalue weighted by Gasteiger charge is 2.08. The lowest BCUT2D eigenvalue weighted by atomic mass is 10.4. The molecule has 0 spiro atoms. The maximum atomic E-state index is 5.36. The zero-order valence-corrected chi connectivity index (χ0v) is 8.15. The van der Waals surface area contributed by atoms with Crippen LogP contribution < -0.4 is 11.3 Å². The zero-order valence-electron chi connectivity index (χ0n) is 8.15. The lowest BCUT2D eigenvalue weighted by Crippen LogP contribution is -2.10. The molecular formula is C8H12N6. The summed E-state index contributed by atoms with van der Waals surface area (Å²) in [5.41, 5.74) is 3.36. The van der Waals surface area contributed by atoms with Gasteiger partial charge in [0.1, 0.15) is 5.82 Å². The number of hydrogen-bond donors (Lipinski definition) is 2. The number of nitrogens with zero attached hydrogens (tertiary/aromatic N) is 4. The topological polar surface area (TPSA) is 81.7 Å². The van der Waals surface area contributed by atoms with E-state index in [4.69, 9.17) is 5.84 Å². The standard InChI is InChI=1S/C8H12N6/c1-3-14-8-6(4-10-14)7(13-9)11-5(2)12-8/h4H,3,9H2,1-2H3,(H,11,12,13). The monoisotopic (exact) mass is 192 g/mol. The lowest BCUT2D eigenvalue weighted by Gasteiger charge is -2.02. The summed E-state index contributed by atoms with van der Waals surface area (Å²) in [6.45, 7) is 4.62. The van der Waals surface area contributed by atoms with Crippen LogP contribution in [-0.4, -0.2) is 19.7 Å². The van der Waals surface area contributed by atoms with Crippen molar-refractivity contribution in [3.05, 3.63) is 12.0 Å². The Morgan fingerprint density at radius 1 is 1.50 bits per heavy atom. The molecule has 0 aliphatic heterocycles. The molecule has 74 valence electrons. The Morgan fingerprint density at radius 3 is 2.93 bits per heavy atom. The van der Waals surface area contributed by atoms with Gasteiger partial charge in [0.15, 0.2) is 11.5 Å². The van der Waals surface area contributed by atoms with Crippen molar-refractivity contribution < 1.29 is 0 Å². The Morgan fingerprint density at radius 2 is 2.29 bits per heavy atom. The van der Waals surface area contributed by atoms with Crippen LogP contribution >= 0.6 is 0 Å². The van der Waals surface area contributed by atoms with Gasteiger partial charge in [-0.1, -0.05) is 0 Å². The van der Waals surface area contributed by atoms with Gasteiger partial charge < -0.3 is 5.43 Å². The summed E-state index contributed by atoms with van der Waals surface area (Å²) in [6, 6.07) is 0. The van der Waals surface area contributed by atoms with Crippen LogP contribution in [0.4, 0.5) is 5.82 Å². The molecule has 0 radical (unpaired) electrons. The van der Waals surface area contributed by atoms with E-state index >= 15 is 0 Å². The zero-order chi connectivity index (χ0) is 10.1. The van der Waals surface area contributed by atoms with Crippen LogP contribution in [0.25, 0.3) is 11.0 Å². The van der Waals surface area contributed by atoms with Crippen molar-refractivity contribution in [2.75, 3.05) is 5.43 Å². The lowest BCUT2D eigenvalue weighted by molar-refractivity contribution is 0.675. The minimum atomic E-state index is 0.618. The van der Waals surface area contributed by atoms with Crippen molar-refractivity contribution in [1.82, 2.24) is 19.7 Å². The Balaban J connectivity index is 2.76. The van der Waals surface area contributed by atoms with E-state index < -0.39 is 0 Å². The second-order valence-corrected chi connectivity index (χ2v) is 2.96. The molecule has 6 nitrogen and oxygen atoms in total. The van der Waals surface area contributed by atoms with Gasteiger partial charge in [-0.15, -0.1) is 0 Å². The summed E-state index contributed by atoms with van der Waals surface area (Å²) in [7, 11) is 0. The summed E-state index contributed by atoms with van der Waals surface area (Å²) in [5.74, 6) is 6.66. The van der Waals surface area contributed by atoms with E-state index in [0.29, 0.717) is 11.6 Å². The quantitative estimate of drug-likeness (QED) is 0.533. The molecule has 0 aliphatic carbocycles. The van der Waals surface area contributed by atoms with Crippen LogP contribution in [0.15, 0.2) is 6.20 Å². The van der Waals surface area contributed by atoms with Crippen LogP contribution in [0.1, 0.15) is 12.7 Å². The van der Waals surface area contributed by atoms with Crippen molar-refractivity contribution >= 4 is 16.9 Å². The molecule has 0 fully saturated rings. The van der Waals surface area contributed by atoms with Crippen LogP contribution in [0.2, 0.25) is 0 Å². The van der Waals surface area contributed by atoms with Gasteiger partial charge in [-0.05, 0) is 13.8 Å². The highest BCUT2D eigenvalue weighted by atomic mass is 15.3. The number of rotatable bonds is 2. The average molecular weight is 192 g/mol. The summed E-state index contributed by atoms with van der Waals surface area (Å²) in [6.07, 6.45) is 1.72. The number of fused-ring (bicyclic) bond motifs is 1. The second-order valence-electron chi connectivity index (χ2n) is 2.96. The number of aryl methyl sites for hydroxylation is 2. The smallest absolute Gasteiger partial charge is 0.163 e. The Bertz CT molecular complexity index is 460. The summed E-state index contributed by atoms with van der Waals surface area (Å²) >= 11 is 0. The van der Waals surface area contributed by atoms with Gasteiger partial charge in [0.2, 0.25) is 0 Å². The van der Waals surface area contributed by atoms with Gasteiger partial charge in [-0.3, -0.25) is 0 Å². The molecule has 2 rings (SSSR count). The fraction of sp³-hybridized carbons (Fsp3) is 0.375. The first-order chi connectivity index (χ1) is 6.76.